The number of sulfonamides is 1. The van der Waals surface area contributed by atoms with E-state index < -0.39 is 15.8 Å². The Balaban J connectivity index is 1.54. The van der Waals surface area contributed by atoms with Gasteiger partial charge in [-0.3, -0.25) is 0 Å². The Hall–Kier alpha value is -2.58. The largest absolute Gasteiger partial charge is 0.339 e. The van der Waals surface area contributed by atoms with Crippen LogP contribution in [0.4, 0.5) is 4.39 Å². The molecule has 0 N–H and O–H groups in total. The van der Waals surface area contributed by atoms with Crippen molar-refractivity contribution >= 4 is 10.0 Å². The highest BCUT2D eigenvalue weighted by atomic mass is 32.2. The second-order valence-corrected chi connectivity index (χ2v) is 8.92. The highest BCUT2D eigenvalue weighted by molar-refractivity contribution is 7.89. The predicted molar refractivity (Wildman–Crippen MR) is 102 cm³/mol. The summed E-state index contributed by atoms with van der Waals surface area (Å²) in [6.07, 6.45) is 1.46. The van der Waals surface area contributed by atoms with Crippen molar-refractivity contribution in [1.82, 2.24) is 14.4 Å². The Morgan fingerprint density at radius 1 is 1.11 bits per heavy atom. The molecule has 4 rings (SSSR count). The Kier molecular flexibility index (Phi) is 4.99. The van der Waals surface area contributed by atoms with Gasteiger partial charge in [-0.2, -0.15) is 9.29 Å². The fourth-order valence-corrected chi connectivity index (χ4v) is 4.86. The normalized spacial score (nSPS) is 18.3. The quantitative estimate of drug-likeness (QED) is 0.665. The van der Waals surface area contributed by atoms with Crippen LogP contribution in [0.1, 0.15) is 30.2 Å². The highest BCUT2D eigenvalue weighted by Gasteiger charge is 2.33. The number of nitrogens with zero attached hydrogens (tertiary/aromatic N) is 3. The van der Waals surface area contributed by atoms with Gasteiger partial charge in [0, 0.05) is 18.7 Å². The highest BCUT2D eigenvalue weighted by Crippen LogP contribution is 2.30. The number of aromatic nitrogens is 2. The Bertz CT molecular complexity index is 1060. The fraction of sp³-hybridized carbons (Fsp3) is 0.300. The minimum Gasteiger partial charge on any atom is -0.339 e. The van der Waals surface area contributed by atoms with Crippen molar-refractivity contribution in [3.8, 4) is 11.4 Å². The van der Waals surface area contributed by atoms with Crippen LogP contribution in [0.3, 0.4) is 0 Å². The van der Waals surface area contributed by atoms with Gasteiger partial charge in [0.2, 0.25) is 21.7 Å². The summed E-state index contributed by atoms with van der Waals surface area (Å²) in [5.41, 5.74) is 1.99. The first-order valence-corrected chi connectivity index (χ1v) is 10.5. The molecule has 0 amide bonds. The molecule has 1 atom stereocenters. The van der Waals surface area contributed by atoms with Crippen molar-refractivity contribution in [1.29, 1.82) is 0 Å². The summed E-state index contributed by atoms with van der Waals surface area (Å²) < 4.78 is 45.7. The summed E-state index contributed by atoms with van der Waals surface area (Å²) in [4.78, 5) is 4.57. The summed E-state index contributed by atoms with van der Waals surface area (Å²) in [5, 5.41) is 4.05. The maximum Gasteiger partial charge on any atom is 0.243 e. The maximum atomic E-state index is 13.1. The van der Waals surface area contributed by atoms with Crippen LogP contribution in [0, 0.1) is 12.7 Å². The number of halogens is 1. The number of rotatable bonds is 4. The molecule has 1 aliphatic rings. The van der Waals surface area contributed by atoms with Gasteiger partial charge in [-0.15, -0.1) is 0 Å². The lowest BCUT2D eigenvalue weighted by Crippen LogP contribution is -2.39. The maximum absolute atomic E-state index is 13.1. The van der Waals surface area contributed by atoms with Crippen molar-refractivity contribution in [2.75, 3.05) is 13.1 Å². The third-order valence-corrected chi connectivity index (χ3v) is 6.82. The summed E-state index contributed by atoms with van der Waals surface area (Å²) in [6.45, 7) is 2.67. The van der Waals surface area contributed by atoms with Crippen molar-refractivity contribution in [2.45, 2.75) is 30.6 Å². The second kappa shape index (κ2) is 7.44. The molecular weight excluding hydrogens is 381 g/mol. The van der Waals surface area contributed by atoms with Crippen molar-refractivity contribution in [3.05, 3.63) is 65.8 Å². The van der Waals surface area contributed by atoms with Crippen LogP contribution >= 0.6 is 0 Å². The van der Waals surface area contributed by atoms with Crippen LogP contribution in [0.2, 0.25) is 0 Å². The third-order valence-electron chi connectivity index (χ3n) is 4.94. The molecule has 1 aliphatic heterocycles. The second-order valence-electron chi connectivity index (χ2n) is 6.98. The number of hydrogen-bond donors (Lipinski definition) is 0. The van der Waals surface area contributed by atoms with Crippen LogP contribution in [-0.4, -0.2) is 36.0 Å². The molecule has 8 heteroatoms. The van der Waals surface area contributed by atoms with Gasteiger partial charge in [0.15, 0.2) is 0 Å². The van der Waals surface area contributed by atoms with E-state index in [4.69, 9.17) is 4.52 Å². The smallest absolute Gasteiger partial charge is 0.243 e. The van der Waals surface area contributed by atoms with Crippen LogP contribution in [0.5, 0.6) is 0 Å². The van der Waals surface area contributed by atoms with Crippen molar-refractivity contribution in [2.24, 2.45) is 0 Å². The van der Waals surface area contributed by atoms with Crippen molar-refractivity contribution < 1.29 is 17.3 Å². The summed E-state index contributed by atoms with van der Waals surface area (Å²) in [7, 11) is -3.69. The van der Waals surface area contributed by atoms with Gasteiger partial charge < -0.3 is 4.52 Å². The topological polar surface area (TPSA) is 76.3 Å². The number of aryl methyl sites for hydroxylation is 1. The average Bonchev–Trinajstić information content (AvgIpc) is 3.19. The van der Waals surface area contributed by atoms with E-state index in [1.54, 1.807) is 0 Å². The first-order chi connectivity index (χ1) is 13.4. The minimum atomic E-state index is -3.69. The SMILES string of the molecule is Cc1ccc(-c2noc([C@@H]3CCCN(S(=O)(=O)c4ccc(F)cc4)C3)n2)cc1. The van der Waals surface area contributed by atoms with E-state index in [2.05, 4.69) is 10.1 Å². The molecule has 2 aromatic carbocycles. The monoisotopic (exact) mass is 401 g/mol. The number of piperidine rings is 1. The first kappa shape index (κ1) is 18.8. The van der Waals surface area contributed by atoms with E-state index in [1.165, 1.54) is 16.4 Å². The molecule has 0 unspecified atom stereocenters. The van der Waals surface area contributed by atoms with E-state index in [0.717, 1.165) is 29.7 Å². The molecule has 0 aliphatic carbocycles. The molecule has 2 heterocycles. The minimum absolute atomic E-state index is 0.0837. The van der Waals surface area contributed by atoms with Crippen LogP contribution in [0.25, 0.3) is 11.4 Å². The standard InChI is InChI=1S/C20H20FN3O3S/c1-14-4-6-15(7-5-14)19-22-20(27-23-19)16-3-2-12-24(13-16)28(25,26)18-10-8-17(21)9-11-18/h4-11,16H,2-3,12-13H2,1H3/t16-/m1/s1. The van der Waals surface area contributed by atoms with Gasteiger partial charge in [-0.1, -0.05) is 35.0 Å². The van der Waals surface area contributed by atoms with E-state index in [0.29, 0.717) is 24.7 Å². The van der Waals surface area contributed by atoms with Gasteiger partial charge in [-0.25, -0.2) is 12.8 Å². The molecule has 1 fully saturated rings. The number of hydrogen-bond acceptors (Lipinski definition) is 5. The Morgan fingerprint density at radius 2 is 1.82 bits per heavy atom. The molecule has 3 aromatic rings. The fourth-order valence-electron chi connectivity index (χ4n) is 3.34. The Labute approximate surface area is 163 Å². The molecule has 0 bridgehead atoms. The zero-order valence-electron chi connectivity index (χ0n) is 15.4. The van der Waals surface area contributed by atoms with E-state index in [9.17, 15) is 12.8 Å². The molecule has 0 saturated carbocycles. The first-order valence-electron chi connectivity index (χ1n) is 9.10. The molecule has 6 nitrogen and oxygen atoms in total. The molecule has 146 valence electrons. The van der Waals surface area contributed by atoms with Crippen LogP contribution in [-0.2, 0) is 10.0 Å². The van der Waals surface area contributed by atoms with Crippen molar-refractivity contribution in [3.63, 3.8) is 0 Å². The van der Waals surface area contributed by atoms with Crippen LogP contribution < -0.4 is 0 Å². The molecule has 0 radical (unpaired) electrons. The summed E-state index contributed by atoms with van der Waals surface area (Å²) in [6, 6.07) is 12.7. The molecule has 0 spiro atoms. The van der Waals surface area contributed by atoms with E-state index in [1.807, 2.05) is 31.2 Å². The lowest BCUT2D eigenvalue weighted by molar-refractivity contribution is 0.265. The van der Waals surface area contributed by atoms with Gasteiger partial charge >= 0.3 is 0 Å². The van der Waals surface area contributed by atoms with Gasteiger partial charge in [0.25, 0.3) is 0 Å². The molecule has 1 aromatic heterocycles. The zero-order chi connectivity index (χ0) is 19.7. The third kappa shape index (κ3) is 3.70. The molecular formula is C20H20FN3O3S. The molecule has 1 saturated heterocycles. The zero-order valence-corrected chi connectivity index (χ0v) is 16.2. The number of benzene rings is 2. The van der Waals surface area contributed by atoms with Gasteiger partial charge in [0.05, 0.1) is 10.8 Å². The van der Waals surface area contributed by atoms with E-state index >= 15 is 0 Å². The summed E-state index contributed by atoms with van der Waals surface area (Å²) >= 11 is 0. The average molecular weight is 401 g/mol. The molecule has 28 heavy (non-hydrogen) atoms. The lowest BCUT2D eigenvalue weighted by atomic mass is 10.00. The lowest BCUT2D eigenvalue weighted by Gasteiger charge is -2.30. The van der Waals surface area contributed by atoms with Gasteiger partial charge in [-0.05, 0) is 44.0 Å². The van der Waals surface area contributed by atoms with Crippen LogP contribution in [0.15, 0.2) is 57.9 Å². The van der Waals surface area contributed by atoms with Gasteiger partial charge in [0.1, 0.15) is 5.82 Å². The Morgan fingerprint density at radius 3 is 2.54 bits per heavy atom. The predicted octanol–water partition coefficient (Wildman–Crippen LogP) is 3.75. The summed E-state index contributed by atoms with van der Waals surface area (Å²) in [5.74, 6) is 0.295. The van der Waals surface area contributed by atoms with E-state index in [-0.39, 0.29) is 17.4 Å².